The molecule has 0 unspecified atom stereocenters. The van der Waals surface area contributed by atoms with Crippen LogP contribution in [0.4, 0.5) is 0 Å². The minimum Gasteiger partial charge on any atom is -0.260 e. The Balaban J connectivity index is 1.08. The molecule has 0 saturated carbocycles. The van der Waals surface area contributed by atoms with Gasteiger partial charge in [0.05, 0.1) is 11.4 Å². The Kier molecular flexibility index (Phi) is 7.96. The molecule has 1 aliphatic rings. The molecule has 1 aliphatic carbocycles. The summed E-state index contributed by atoms with van der Waals surface area (Å²) < 4.78 is 0. The third-order valence-corrected chi connectivity index (χ3v) is 10.5. The first-order valence-electron chi connectivity index (χ1n) is 18.4. The van der Waals surface area contributed by atoms with Gasteiger partial charge < -0.3 is 0 Å². The fourth-order valence-electron chi connectivity index (χ4n) is 7.94. The molecule has 0 bridgehead atoms. The molecule has 0 N–H and O–H groups in total. The van der Waals surface area contributed by atoms with Gasteiger partial charge in [-0.25, -0.2) is 15.0 Å². The fourth-order valence-corrected chi connectivity index (χ4v) is 7.94. The maximum Gasteiger partial charge on any atom is 0.164 e. The quantitative estimate of drug-likeness (QED) is 0.165. The smallest absolute Gasteiger partial charge is 0.164 e. The summed E-state index contributed by atoms with van der Waals surface area (Å²) in [5.74, 6) is 1.88. The first-order chi connectivity index (χ1) is 27.3. The fraction of sp³-hybridized carbons (Fsp3) is 0.0200. The van der Waals surface area contributed by atoms with E-state index in [-0.39, 0.29) is 0 Å². The lowest BCUT2D eigenvalue weighted by Gasteiger charge is -2.31. The normalized spacial score (nSPS) is 12.5. The maximum atomic E-state index is 5.06. The summed E-state index contributed by atoms with van der Waals surface area (Å²) in [6, 6.07) is 65.1. The zero-order valence-corrected chi connectivity index (χ0v) is 29.8. The minimum atomic E-state index is -0.669. The predicted molar refractivity (Wildman–Crippen MR) is 220 cm³/mol. The molecule has 9 aromatic rings. The summed E-state index contributed by atoms with van der Waals surface area (Å²) in [5.41, 5.74) is 13.2. The van der Waals surface area contributed by atoms with E-state index in [0.29, 0.717) is 17.5 Å². The van der Waals surface area contributed by atoms with Crippen molar-refractivity contribution in [3.63, 3.8) is 0 Å². The standard InChI is InChI=1S/C50H33N5/c1-3-14-34(15-4-1)38-18-13-19-40(32-38)49-54-47(36-16-5-2-6-17-36)53-48(55-49)37-26-24-35(25-27-37)39-28-29-42-41-20-7-8-21-43(41)50(44(42)33-39,45-22-9-11-30-51-45)46-23-10-12-31-52-46/h1-33H. The van der Waals surface area contributed by atoms with E-state index < -0.39 is 5.41 Å². The Hall–Kier alpha value is -7.37. The van der Waals surface area contributed by atoms with Gasteiger partial charge in [0.1, 0.15) is 5.41 Å². The molecular weight excluding hydrogens is 671 g/mol. The van der Waals surface area contributed by atoms with Gasteiger partial charge in [-0.15, -0.1) is 0 Å². The van der Waals surface area contributed by atoms with Crippen molar-refractivity contribution in [2.75, 3.05) is 0 Å². The first-order valence-corrected chi connectivity index (χ1v) is 18.4. The SMILES string of the molecule is c1ccc(-c2cccc(-c3nc(-c4ccccc4)nc(-c4ccc(-c5ccc6c(c5)C(c5ccccn5)(c5ccccn5)c5ccccc5-6)cc4)n3)c2)cc1. The van der Waals surface area contributed by atoms with E-state index in [1.807, 2.05) is 60.9 Å². The summed E-state index contributed by atoms with van der Waals surface area (Å²) >= 11 is 0. The third-order valence-electron chi connectivity index (χ3n) is 10.5. The maximum absolute atomic E-state index is 5.06. The van der Waals surface area contributed by atoms with Gasteiger partial charge in [-0.1, -0.05) is 152 Å². The zero-order chi connectivity index (χ0) is 36.6. The van der Waals surface area contributed by atoms with Gasteiger partial charge in [0.25, 0.3) is 0 Å². The van der Waals surface area contributed by atoms with Crippen molar-refractivity contribution in [3.8, 4) is 67.5 Å². The molecular formula is C50H33N5. The van der Waals surface area contributed by atoms with E-state index in [1.54, 1.807) is 0 Å². The highest BCUT2D eigenvalue weighted by molar-refractivity contribution is 5.88. The van der Waals surface area contributed by atoms with Crippen LogP contribution in [-0.2, 0) is 5.41 Å². The summed E-state index contributed by atoms with van der Waals surface area (Å²) in [5, 5.41) is 0. The van der Waals surface area contributed by atoms with Crippen molar-refractivity contribution in [1.29, 1.82) is 0 Å². The van der Waals surface area contributed by atoms with Gasteiger partial charge in [-0.2, -0.15) is 0 Å². The van der Waals surface area contributed by atoms with Gasteiger partial charge in [-0.3, -0.25) is 9.97 Å². The Morgan fingerprint density at radius 3 is 1.40 bits per heavy atom. The van der Waals surface area contributed by atoms with Crippen LogP contribution in [-0.4, -0.2) is 24.9 Å². The Labute approximate surface area is 319 Å². The average Bonchev–Trinajstić information content (AvgIpc) is 3.58. The molecule has 0 radical (unpaired) electrons. The largest absolute Gasteiger partial charge is 0.260 e. The molecule has 0 atom stereocenters. The Morgan fingerprint density at radius 1 is 0.291 bits per heavy atom. The van der Waals surface area contributed by atoms with Gasteiger partial charge in [0, 0.05) is 29.1 Å². The molecule has 0 saturated heterocycles. The summed E-state index contributed by atoms with van der Waals surface area (Å²) in [6.07, 6.45) is 3.75. The second-order valence-electron chi connectivity index (χ2n) is 13.7. The van der Waals surface area contributed by atoms with Crippen molar-refractivity contribution >= 4 is 0 Å². The molecule has 5 nitrogen and oxygen atoms in total. The van der Waals surface area contributed by atoms with Crippen molar-refractivity contribution in [1.82, 2.24) is 24.9 Å². The van der Waals surface area contributed by atoms with Gasteiger partial charge in [-0.05, 0) is 80.9 Å². The lowest BCUT2D eigenvalue weighted by atomic mass is 9.71. The van der Waals surface area contributed by atoms with Gasteiger partial charge in [0.15, 0.2) is 17.5 Å². The third kappa shape index (κ3) is 5.61. The second kappa shape index (κ2) is 13.6. The van der Waals surface area contributed by atoms with Crippen molar-refractivity contribution in [2.45, 2.75) is 5.41 Å². The number of benzene rings is 6. The molecule has 3 heterocycles. The van der Waals surface area contributed by atoms with E-state index in [2.05, 4.69) is 140 Å². The van der Waals surface area contributed by atoms with Crippen molar-refractivity contribution in [2.24, 2.45) is 0 Å². The number of nitrogens with zero attached hydrogens (tertiary/aromatic N) is 5. The van der Waals surface area contributed by atoms with Crippen LogP contribution >= 0.6 is 0 Å². The van der Waals surface area contributed by atoms with E-state index >= 15 is 0 Å². The second-order valence-corrected chi connectivity index (χ2v) is 13.7. The number of hydrogen-bond donors (Lipinski definition) is 0. The van der Waals surface area contributed by atoms with Crippen LogP contribution in [0.5, 0.6) is 0 Å². The van der Waals surface area contributed by atoms with Crippen LogP contribution < -0.4 is 0 Å². The Morgan fingerprint density at radius 2 is 0.745 bits per heavy atom. The minimum absolute atomic E-state index is 0.620. The topological polar surface area (TPSA) is 64.5 Å². The van der Waals surface area contributed by atoms with Crippen LogP contribution in [0.15, 0.2) is 200 Å². The summed E-state index contributed by atoms with van der Waals surface area (Å²) in [7, 11) is 0. The lowest BCUT2D eigenvalue weighted by Crippen LogP contribution is -2.30. The number of hydrogen-bond acceptors (Lipinski definition) is 5. The monoisotopic (exact) mass is 703 g/mol. The van der Waals surface area contributed by atoms with Crippen molar-refractivity contribution < 1.29 is 0 Å². The number of rotatable bonds is 7. The molecule has 0 amide bonds. The summed E-state index contributed by atoms with van der Waals surface area (Å²) in [4.78, 5) is 25.0. The van der Waals surface area contributed by atoms with E-state index in [9.17, 15) is 0 Å². The number of fused-ring (bicyclic) bond motifs is 3. The van der Waals surface area contributed by atoms with Crippen LogP contribution in [0.1, 0.15) is 22.5 Å². The van der Waals surface area contributed by atoms with Crippen LogP contribution in [0.3, 0.4) is 0 Å². The molecule has 10 rings (SSSR count). The molecule has 6 aromatic carbocycles. The molecule has 3 aromatic heterocycles. The molecule has 258 valence electrons. The molecule has 0 spiro atoms. The highest BCUT2D eigenvalue weighted by Crippen LogP contribution is 2.55. The van der Waals surface area contributed by atoms with E-state index in [4.69, 9.17) is 24.9 Å². The first kappa shape index (κ1) is 32.3. The highest BCUT2D eigenvalue weighted by Gasteiger charge is 2.48. The molecule has 55 heavy (non-hydrogen) atoms. The van der Waals surface area contributed by atoms with Crippen LogP contribution in [0.2, 0.25) is 0 Å². The number of pyridine rings is 2. The van der Waals surface area contributed by atoms with Crippen LogP contribution in [0, 0.1) is 0 Å². The predicted octanol–water partition coefficient (Wildman–Crippen LogP) is 11.4. The molecule has 5 heteroatoms. The van der Waals surface area contributed by atoms with E-state index in [0.717, 1.165) is 50.3 Å². The summed E-state index contributed by atoms with van der Waals surface area (Å²) in [6.45, 7) is 0. The van der Waals surface area contributed by atoms with Gasteiger partial charge in [0.2, 0.25) is 0 Å². The zero-order valence-electron chi connectivity index (χ0n) is 29.8. The average molecular weight is 704 g/mol. The number of aromatic nitrogens is 5. The van der Waals surface area contributed by atoms with Gasteiger partial charge >= 0.3 is 0 Å². The highest BCUT2D eigenvalue weighted by atomic mass is 15.0. The molecule has 0 aliphatic heterocycles. The van der Waals surface area contributed by atoms with Crippen molar-refractivity contribution in [3.05, 3.63) is 223 Å². The van der Waals surface area contributed by atoms with Crippen LogP contribution in [0.25, 0.3) is 67.5 Å². The Bertz CT molecular complexity index is 2750. The van der Waals surface area contributed by atoms with E-state index in [1.165, 1.54) is 22.3 Å². The molecule has 0 fully saturated rings. The lowest BCUT2D eigenvalue weighted by molar-refractivity contribution is 0.706.